The van der Waals surface area contributed by atoms with E-state index >= 15 is 0 Å². The lowest BCUT2D eigenvalue weighted by Crippen LogP contribution is -1.97. The first kappa shape index (κ1) is 17.0. The number of carbonyl (C=O) groups is 1. The summed E-state index contributed by atoms with van der Waals surface area (Å²) in [6.07, 6.45) is 0. The Morgan fingerprint density at radius 3 is 2.24 bits per heavy atom. The first-order chi connectivity index (χ1) is 9.75. The van der Waals surface area contributed by atoms with Crippen LogP contribution >= 0.6 is 11.6 Å². The van der Waals surface area contributed by atoms with Crippen molar-refractivity contribution in [3.05, 3.63) is 46.2 Å². The molecule has 0 fully saturated rings. The summed E-state index contributed by atoms with van der Waals surface area (Å²) in [5.41, 5.74) is 8.37. The molecule has 0 aliphatic heterocycles. The van der Waals surface area contributed by atoms with Gasteiger partial charge in [-0.05, 0) is 24.5 Å². The molecular formula is C15H20ClN3O2. The van der Waals surface area contributed by atoms with Crippen LogP contribution in [0.4, 0.5) is 5.69 Å². The van der Waals surface area contributed by atoms with Crippen molar-refractivity contribution in [1.29, 1.82) is 0 Å². The fourth-order valence-corrected chi connectivity index (χ4v) is 2.17. The van der Waals surface area contributed by atoms with Crippen LogP contribution in [-0.2, 0) is 7.05 Å². The topological polar surface area (TPSA) is 81.1 Å². The van der Waals surface area contributed by atoms with Gasteiger partial charge in [0.1, 0.15) is 10.7 Å². The number of rotatable bonds is 2. The Hall–Kier alpha value is -2.01. The second-order valence-corrected chi connectivity index (χ2v) is 5.32. The highest BCUT2D eigenvalue weighted by Gasteiger charge is 2.17. The van der Waals surface area contributed by atoms with E-state index in [9.17, 15) is 4.79 Å². The van der Waals surface area contributed by atoms with E-state index in [1.165, 1.54) is 10.2 Å². The zero-order chi connectivity index (χ0) is 16.2. The molecule has 3 N–H and O–H groups in total. The number of carboxylic acid groups (broad SMARTS) is 1. The van der Waals surface area contributed by atoms with Crippen molar-refractivity contribution in [3.8, 4) is 0 Å². The first-order valence-electron chi connectivity index (χ1n) is 6.52. The van der Waals surface area contributed by atoms with E-state index in [1.54, 1.807) is 14.0 Å². The SMILES string of the molecule is CC(C)c1ccccc1N.Cc1nn(C)c(Cl)c1C(=O)O. The van der Waals surface area contributed by atoms with Gasteiger partial charge in [-0.3, -0.25) is 4.68 Å². The zero-order valence-electron chi connectivity index (χ0n) is 12.6. The van der Waals surface area contributed by atoms with Gasteiger partial charge < -0.3 is 10.8 Å². The van der Waals surface area contributed by atoms with Gasteiger partial charge in [0, 0.05) is 12.7 Å². The van der Waals surface area contributed by atoms with Crippen molar-refractivity contribution in [1.82, 2.24) is 9.78 Å². The molecule has 0 spiro atoms. The summed E-state index contributed by atoms with van der Waals surface area (Å²) >= 11 is 5.63. The van der Waals surface area contributed by atoms with E-state index in [-0.39, 0.29) is 10.7 Å². The summed E-state index contributed by atoms with van der Waals surface area (Å²) in [7, 11) is 1.60. The minimum absolute atomic E-state index is 0.0779. The summed E-state index contributed by atoms with van der Waals surface area (Å²) in [6.45, 7) is 5.90. The van der Waals surface area contributed by atoms with Gasteiger partial charge in [0.15, 0.2) is 0 Å². The number of benzene rings is 1. The molecule has 0 atom stereocenters. The molecule has 21 heavy (non-hydrogen) atoms. The average molecular weight is 310 g/mol. The van der Waals surface area contributed by atoms with Crippen molar-refractivity contribution in [3.63, 3.8) is 0 Å². The fourth-order valence-electron chi connectivity index (χ4n) is 1.91. The van der Waals surface area contributed by atoms with Crippen LogP contribution in [0.15, 0.2) is 24.3 Å². The number of nitrogen functional groups attached to an aromatic ring is 1. The maximum absolute atomic E-state index is 10.5. The van der Waals surface area contributed by atoms with E-state index in [0.717, 1.165) is 5.69 Å². The minimum atomic E-state index is -1.04. The molecule has 1 aromatic heterocycles. The maximum Gasteiger partial charge on any atom is 0.340 e. The largest absolute Gasteiger partial charge is 0.478 e. The Morgan fingerprint density at radius 1 is 1.38 bits per heavy atom. The monoisotopic (exact) mass is 309 g/mol. The highest BCUT2D eigenvalue weighted by molar-refractivity contribution is 6.32. The van der Waals surface area contributed by atoms with Gasteiger partial charge in [0.05, 0.1) is 5.69 Å². The average Bonchev–Trinajstić information content (AvgIpc) is 2.64. The molecule has 0 aliphatic carbocycles. The van der Waals surface area contributed by atoms with Gasteiger partial charge in [0.25, 0.3) is 0 Å². The number of hydrogen-bond acceptors (Lipinski definition) is 3. The summed E-state index contributed by atoms with van der Waals surface area (Å²) < 4.78 is 1.33. The number of aryl methyl sites for hydroxylation is 2. The second kappa shape index (κ2) is 7.13. The van der Waals surface area contributed by atoms with Crippen LogP contribution in [0.5, 0.6) is 0 Å². The molecule has 0 amide bonds. The third-order valence-electron chi connectivity index (χ3n) is 2.98. The van der Waals surface area contributed by atoms with Crippen molar-refractivity contribution in [2.45, 2.75) is 26.7 Å². The molecule has 5 nitrogen and oxygen atoms in total. The van der Waals surface area contributed by atoms with Crippen LogP contribution in [0.25, 0.3) is 0 Å². The Bertz CT molecular complexity index is 636. The van der Waals surface area contributed by atoms with Crippen molar-refractivity contribution in [2.75, 3.05) is 5.73 Å². The van der Waals surface area contributed by atoms with E-state index in [1.807, 2.05) is 18.2 Å². The van der Waals surface area contributed by atoms with E-state index in [4.69, 9.17) is 22.4 Å². The van der Waals surface area contributed by atoms with Crippen LogP contribution in [0, 0.1) is 6.92 Å². The molecular weight excluding hydrogens is 290 g/mol. The standard InChI is InChI=1S/C9H13N.C6H7ClN2O2/c1-7(2)8-5-3-4-6-9(8)10;1-3-4(6(10)11)5(7)9(2)8-3/h3-7H,10H2,1-2H3;1-2H3,(H,10,11). The number of nitrogens with zero attached hydrogens (tertiary/aromatic N) is 2. The lowest BCUT2D eigenvalue weighted by molar-refractivity contribution is 0.0696. The number of halogens is 1. The fraction of sp³-hybridized carbons (Fsp3) is 0.333. The first-order valence-corrected chi connectivity index (χ1v) is 6.90. The molecule has 1 aromatic carbocycles. The van der Waals surface area contributed by atoms with Gasteiger partial charge in [-0.1, -0.05) is 43.6 Å². The second-order valence-electron chi connectivity index (χ2n) is 4.96. The molecule has 1 heterocycles. The Morgan fingerprint density at radius 2 is 1.95 bits per heavy atom. The van der Waals surface area contributed by atoms with Gasteiger partial charge in [-0.25, -0.2) is 4.79 Å². The number of nitrogens with two attached hydrogens (primary N) is 1. The van der Waals surface area contributed by atoms with E-state index in [2.05, 4.69) is 25.0 Å². The Kier molecular flexibility index (Phi) is 5.79. The van der Waals surface area contributed by atoms with Crippen LogP contribution in [0.1, 0.15) is 41.4 Å². The Balaban J connectivity index is 0.000000211. The number of hydrogen-bond donors (Lipinski definition) is 2. The predicted molar refractivity (Wildman–Crippen MR) is 84.9 cm³/mol. The summed E-state index contributed by atoms with van der Waals surface area (Å²) in [6, 6.07) is 7.99. The predicted octanol–water partition coefficient (Wildman–Crippen LogP) is 3.47. The Labute approximate surface area is 129 Å². The molecule has 0 saturated heterocycles. The molecule has 0 unspecified atom stereocenters. The van der Waals surface area contributed by atoms with E-state index < -0.39 is 5.97 Å². The van der Waals surface area contributed by atoms with Crippen LogP contribution in [0.2, 0.25) is 5.15 Å². The van der Waals surface area contributed by atoms with Crippen molar-refractivity contribution < 1.29 is 9.90 Å². The zero-order valence-corrected chi connectivity index (χ0v) is 13.3. The van der Waals surface area contributed by atoms with Gasteiger partial charge >= 0.3 is 5.97 Å². The molecule has 114 valence electrons. The number of para-hydroxylation sites is 1. The van der Waals surface area contributed by atoms with Crippen LogP contribution in [0.3, 0.4) is 0 Å². The highest BCUT2D eigenvalue weighted by atomic mass is 35.5. The van der Waals surface area contributed by atoms with Gasteiger partial charge in [-0.2, -0.15) is 5.10 Å². The van der Waals surface area contributed by atoms with E-state index in [0.29, 0.717) is 11.6 Å². The molecule has 0 bridgehead atoms. The molecule has 2 rings (SSSR count). The van der Waals surface area contributed by atoms with Gasteiger partial charge in [-0.15, -0.1) is 0 Å². The summed E-state index contributed by atoms with van der Waals surface area (Å²) in [4.78, 5) is 10.5. The molecule has 0 saturated carbocycles. The smallest absolute Gasteiger partial charge is 0.340 e. The molecule has 0 radical (unpaired) electrons. The van der Waals surface area contributed by atoms with Crippen molar-refractivity contribution in [2.24, 2.45) is 7.05 Å². The lowest BCUT2D eigenvalue weighted by atomic mass is 10.0. The quantitative estimate of drug-likeness (QED) is 0.832. The van der Waals surface area contributed by atoms with Crippen LogP contribution < -0.4 is 5.73 Å². The number of aromatic carboxylic acids is 1. The van der Waals surface area contributed by atoms with Gasteiger partial charge in [0.2, 0.25) is 0 Å². The highest BCUT2D eigenvalue weighted by Crippen LogP contribution is 2.20. The number of carboxylic acids is 1. The normalized spacial score (nSPS) is 10.2. The van der Waals surface area contributed by atoms with Crippen molar-refractivity contribution >= 4 is 23.3 Å². The third-order valence-corrected chi connectivity index (χ3v) is 3.42. The third kappa shape index (κ3) is 4.23. The number of aromatic nitrogens is 2. The molecule has 6 heteroatoms. The molecule has 2 aromatic rings. The van der Waals surface area contributed by atoms with Crippen LogP contribution in [-0.4, -0.2) is 20.9 Å². The summed E-state index contributed by atoms with van der Waals surface area (Å²) in [5.74, 6) is -0.512. The lowest BCUT2D eigenvalue weighted by Gasteiger charge is -2.07. The summed E-state index contributed by atoms with van der Waals surface area (Å²) in [5, 5.41) is 12.6. The molecule has 0 aliphatic rings. The number of anilines is 1. The minimum Gasteiger partial charge on any atom is -0.478 e. The maximum atomic E-state index is 10.5.